The molecule has 0 saturated carbocycles. The van der Waals surface area contributed by atoms with E-state index in [0.29, 0.717) is 5.82 Å². The number of benzene rings is 1. The van der Waals surface area contributed by atoms with Gasteiger partial charge in [-0.2, -0.15) is 0 Å². The Bertz CT molecular complexity index is 538. The van der Waals surface area contributed by atoms with E-state index in [2.05, 4.69) is 16.8 Å². The molecule has 2 aromatic rings. The maximum absolute atomic E-state index is 6.86. The molecule has 3 heteroatoms. The largest absolute Gasteiger partial charge is 0.361 e. The smallest absolute Gasteiger partial charge is 0.269 e. The SMILES string of the molecule is [C-]#[N+]c1ccc(C(C)c2ccc(Cl)cc2)cn1. The van der Waals surface area contributed by atoms with Crippen LogP contribution in [0, 0.1) is 6.57 Å². The summed E-state index contributed by atoms with van der Waals surface area (Å²) in [6.45, 7) is 8.97. The molecule has 0 aliphatic heterocycles. The first-order valence-electron chi connectivity index (χ1n) is 5.29. The average molecular weight is 243 g/mol. The van der Waals surface area contributed by atoms with Gasteiger partial charge in [-0.1, -0.05) is 43.3 Å². The summed E-state index contributed by atoms with van der Waals surface area (Å²) in [7, 11) is 0. The van der Waals surface area contributed by atoms with E-state index in [9.17, 15) is 0 Å². The first-order chi connectivity index (χ1) is 8.20. The minimum Gasteiger partial charge on any atom is -0.361 e. The highest BCUT2D eigenvalue weighted by Gasteiger charge is 2.09. The Balaban J connectivity index is 2.27. The lowest BCUT2D eigenvalue weighted by molar-refractivity contribution is 0.913. The molecule has 0 aliphatic rings. The number of halogens is 1. The van der Waals surface area contributed by atoms with E-state index in [1.807, 2.05) is 30.3 Å². The standard InChI is InChI=1S/C14H11ClN2/c1-10(11-3-6-13(15)7-4-11)12-5-8-14(16-2)17-9-12/h3-10H,1H3. The van der Waals surface area contributed by atoms with Crippen molar-refractivity contribution in [3.8, 4) is 0 Å². The molecule has 0 spiro atoms. The number of nitrogens with zero attached hydrogens (tertiary/aromatic N) is 2. The van der Waals surface area contributed by atoms with E-state index in [1.54, 1.807) is 12.3 Å². The average Bonchev–Trinajstić information content (AvgIpc) is 2.39. The molecular formula is C14H11ClN2. The van der Waals surface area contributed by atoms with Crippen molar-refractivity contribution >= 4 is 17.4 Å². The van der Waals surface area contributed by atoms with Crippen molar-refractivity contribution in [3.63, 3.8) is 0 Å². The number of rotatable bonds is 2. The lowest BCUT2D eigenvalue weighted by atomic mass is 9.94. The second kappa shape index (κ2) is 4.99. The van der Waals surface area contributed by atoms with Crippen molar-refractivity contribution in [1.29, 1.82) is 0 Å². The molecule has 84 valence electrons. The summed E-state index contributed by atoms with van der Waals surface area (Å²) >= 11 is 5.86. The van der Waals surface area contributed by atoms with Gasteiger partial charge in [0.15, 0.2) is 0 Å². The van der Waals surface area contributed by atoms with Crippen LogP contribution in [-0.4, -0.2) is 4.98 Å². The van der Waals surface area contributed by atoms with E-state index >= 15 is 0 Å². The summed E-state index contributed by atoms with van der Waals surface area (Å²) < 4.78 is 0. The van der Waals surface area contributed by atoms with Crippen molar-refractivity contribution in [2.45, 2.75) is 12.8 Å². The van der Waals surface area contributed by atoms with E-state index in [4.69, 9.17) is 18.2 Å². The lowest BCUT2D eigenvalue weighted by Gasteiger charge is -2.10. The number of aromatic nitrogens is 1. The zero-order valence-electron chi connectivity index (χ0n) is 9.39. The van der Waals surface area contributed by atoms with Crippen LogP contribution in [0.4, 0.5) is 5.82 Å². The van der Waals surface area contributed by atoms with Crippen molar-refractivity contribution < 1.29 is 0 Å². The third-order valence-corrected chi connectivity index (χ3v) is 3.01. The molecule has 17 heavy (non-hydrogen) atoms. The Morgan fingerprint density at radius 3 is 2.29 bits per heavy atom. The summed E-state index contributed by atoms with van der Waals surface area (Å²) in [6.07, 6.45) is 1.76. The van der Waals surface area contributed by atoms with Crippen LogP contribution in [0.15, 0.2) is 42.6 Å². The maximum atomic E-state index is 6.86. The van der Waals surface area contributed by atoms with Gasteiger partial charge in [-0.3, -0.25) is 0 Å². The van der Waals surface area contributed by atoms with Crippen LogP contribution in [-0.2, 0) is 0 Å². The summed E-state index contributed by atoms with van der Waals surface area (Å²) in [5.41, 5.74) is 2.28. The van der Waals surface area contributed by atoms with Crippen LogP contribution in [0.1, 0.15) is 24.0 Å². The minimum atomic E-state index is 0.250. The number of hydrogen-bond acceptors (Lipinski definition) is 1. The molecule has 0 amide bonds. The van der Waals surface area contributed by atoms with Crippen LogP contribution < -0.4 is 0 Å². The summed E-state index contributed by atoms with van der Waals surface area (Å²) in [5.74, 6) is 0.677. The maximum Gasteiger partial charge on any atom is 0.269 e. The van der Waals surface area contributed by atoms with Gasteiger partial charge in [0.1, 0.15) is 6.20 Å². The van der Waals surface area contributed by atoms with Crippen molar-refractivity contribution in [2.75, 3.05) is 0 Å². The molecule has 2 nitrogen and oxygen atoms in total. The van der Waals surface area contributed by atoms with Crippen LogP contribution in [0.2, 0.25) is 5.02 Å². The highest BCUT2D eigenvalue weighted by molar-refractivity contribution is 6.30. The first-order valence-corrected chi connectivity index (χ1v) is 5.67. The van der Waals surface area contributed by atoms with E-state index in [-0.39, 0.29) is 5.92 Å². The van der Waals surface area contributed by atoms with Gasteiger partial charge in [0.2, 0.25) is 0 Å². The highest BCUT2D eigenvalue weighted by atomic mass is 35.5. The van der Waals surface area contributed by atoms with Crippen molar-refractivity contribution in [3.05, 3.63) is 70.2 Å². The second-order valence-corrected chi connectivity index (χ2v) is 4.27. The van der Waals surface area contributed by atoms with Crippen LogP contribution in [0.3, 0.4) is 0 Å². The van der Waals surface area contributed by atoms with Gasteiger partial charge in [0.05, 0.1) is 0 Å². The number of hydrogen-bond donors (Lipinski definition) is 0. The third kappa shape index (κ3) is 2.64. The third-order valence-electron chi connectivity index (χ3n) is 2.76. The lowest BCUT2D eigenvalue weighted by Crippen LogP contribution is -1.96. The predicted molar refractivity (Wildman–Crippen MR) is 69.5 cm³/mol. The molecule has 0 aliphatic carbocycles. The van der Waals surface area contributed by atoms with Crippen LogP contribution >= 0.6 is 11.6 Å². The molecule has 0 fully saturated rings. The number of pyridine rings is 1. The fourth-order valence-corrected chi connectivity index (χ4v) is 1.79. The first kappa shape index (κ1) is 11.6. The molecular weight excluding hydrogens is 232 g/mol. The van der Waals surface area contributed by atoms with Gasteiger partial charge in [-0.15, -0.1) is 4.98 Å². The molecule has 1 atom stereocenters. The summed E-state index contributed by atoms with van der Waals surface area (Å²) in [5, 5.41) is 0.738. The van der Waals surface area contributed by atoms with E-state index < -0.39 is 0 Å². The normalized spacial score (nSPS) is 11.8. The minimum absolute atomic E-state index is 0.250. The molecule has 0 bridgehead atoms. The zero-order valence-corrected chi connectivity index (χ0v) is 10.1. The molecule has 1 unspecified atom stereocenters. The molecule has 1 aromatic heterocycles. The summed E-state index contributed by atoms with van der Waals surface area (Å²) in [6, 6.07) is 11.5. The Hall–Kier alpha value is -1.85. The Morgan fingerprint density at radius 2 is 1.76 bits per heavy atom. The zero-order chi connectivity index (χ0) is 12.3. The molecule has 0 N–H and O–H groups in total. The van der Waals surface area contributed by atoms with Gasteiger partial charge in [0.25, 0.3) is 5.82 Å². The molecule has 0 saturated heterocycles. The quantitative estimate of drug-likeness (QED) is 0.712. The fraction of sp³-hybridized carbons (Fsp3) is 0.143. The Labute approximate surface area is 106 Å². The van der Waals surface area contributed by atoms with Gasteiger partial charge in [-0.25, -0.2) is 0 Å². The van der Waals surface area contributed by atoms with Crippen LogP contribution in [0.25, 0.3) is 4.85 Å². The second-order valence-electron chi connectivity index (χ2n) is 3.83. The Kier molecular flexibility index (Phi) is 3.41. The summed E-state index contributed by atoms with van der Waals surface area (Å²) in [4.78, 5) is 7.36. The van der Waals surface area contributed by atoms with Crippen LogP contribution in [0.5, 0.6) is 0 Å². The van der Waals surface area contributed by atoms with Gasteiger partial charge < -0.3 is 4.85 Å². The molecule has 0 radical (unpaired) electrons. The topological polar surface area (TPSA) is 17.2 Å². The van der Waals surface area contributed by atoms with Crippen molar-refractivity contribution in [2.24, 2.45) is 0 Å². The van der Waals surface area contributed by atoms with Gasteiger partial charge in [0, 0.05) is 10.9 Å². The van der Waals surface area contributed by atoms with Gasteiger partial charge in [-0.05, 0) is 29.3 Å². The molecule has 1 heterocycles. The Morgan fingerprint density at radius 1 is 1.12 bits per heavy atom. The molecule has 1 aromatic carbocycles. The van der Waals surface area contributed by atoms with E-state index in [1.165, 1.54) is 5.56 Å². The van der Waals surface area contributed by atoms with E-state index in [0.717, 1.165) is 10.6 Å². The predicted octanol–water partition coefficient (Wildman–Crippen LogP) is 4.44. The molecule has 2 rings (SSSR count). The monoisotopic (exact) mass is 242 g/mol. The van der Waals surface area contributed by atoms with Gasteiger partial charge >= 0.3 is 0 Å². The van der Waals surface area contributed by atoms with Crippen molar-refractivity contribution in [1.82, 2.24) is 4.98 Å². The highest BCUT2D eigenvalue weighted by Crippen LogP contribution is 2.25. The fourth-order valence-electron chi connectivity index (χ4n) is 1.66.